The fraction of sp³-hybridized carbons (Fsp3) is 0.478. The van der Waals surface area contributed by atoms with Crippen LogP contribution in [-0.2, 0) is 9.53 Å². The molecule has 0 aliphatic carbocycles. The number of alkyl halides is 2. The van der Waals surface area contributed by atoms with Crippen molar-refractivity contribution in [2.45, 2.75) is 18.4 Å². The zero-order chi connectivity index (χ0) is 24.7. The first kappa shape index (κ1) is 25.3. The van der Waals surface area contributed by atoms with Gasteiger partial charge >= 0.3 is 0 Å². The van der Waals surface area contributed by atoms with Gasteiger partial charge in [-0.15, -0.1) is 0 Å². The largest absolute Gasteiger partial charge is 0.491 e. The highest BCUT2D eigenvalue weighted by molar-refractivity contribution is 6.07. The van der Waals surface area contributed by atoms with Crippen molar-refractivity contribution in [1.29, 1.82) is 5.26 Å². The Hall–Kier alpha value is -3.36. The van der Waals surface area contributed by atoms with E-state index in [0.717, 1.165) is 11.4 Å². The second-order valence-electron chi connectivity index (χ2n) is 8.21. The zero-order valence-electron chi connectivity index (χ0n) is 19.1. The molecule has 34 heavy (non-hydrogen) atoms. The van der Waals surface area contributed by atoms with Gasteiger partial charge in [0.1, 0.15) is 18.4 Å². The number of amides is 2. The minimum atomic E-state index is -3.12. The fourth-order valence-corrected chi connectivity index (χ4v) is 3.53. The number of hydrogen-bond acceptors (Lipinski definition) is 7. The third kappa shape index (κ3) is 6.59. The van der Waals surface area contributed by atoms with E-state index >= 15 is 0 Å². The molecule has 11 heteroatoms. The van der Waals surface area contributed by atoms with Crippen molar-refractivity contribution in [3.8, 4) is 11.8 Å². The van der Waals surface area contributed by atoms with Crippen LogP contribution >= 0.6 is 0 Å². The van der Waals surface area contributed by atoms with Crippen LogP contribution in [0.5, 0.6) is 5.75 Å². The lowest BCUT2D eigenvalue weighted by Gasteiger charge is -2.19. The molecule has 0 bridgehead atoms. The Kier molecular flexibility index (Phi) is 8.31. The maximum Gasteiger partial charge on any atom is 0.268 e. The molecule has 3 rings (SSSR count). The molecule has 1 atom stereocenters. The van der Waals surface area contributed by atoms with E-state index in [1.54, 1.807) is 24.3 Å². The Bertz CT molecular complexity index is 1070. The summed E-state index contributed by atoms with van der Waals surface area (Å²) in [5.41, 5.74) is 0.811. The van der Waals surface area contributed by atoms with Crippen LogP contribution in [0.15, 0.2) is 30.5 Å². The molecule has 1 aromatic carbocycles. The second-order valence-corrected chi connectivity index (χ2v) is 8.21. The van der Waals surface area contributed by atoms with Crippen LogP contribution in [0.2, 0.25) is 0 Å². The first-order chi connectivity index (χ1) is 16.2. The maximum absolute atomic E-state index is 13.6. The summed E-state index contributed by atoms with van der Waals surface area (Å²) < 4.78 is 38.4. The van der Waals surface area contributed by atoms with Crippen LogP contribution in [0, 0.1) is 11.3 Å². The van der Waals surface area contributed by atoms with Gasteiger partial charge in [0.25, 0.3) is 11.8 Å². The molecule has 0 spiro atoms. The van der Waals surface area contributed by atoms with Gasteiger partial charge in [0.15, 0.2) is 0 Å². The molecule has 2 amide bonds. The van der Waals surface area contributed by atoms with E-state index in [4.69, 9.17) is 14.7 Å². The predicted molar refractivity (Wildman–Crippen MR) is 120 cm³/mol. The number of nitrogens with zero attached hydrogens (tertiary/aromatic N) is 4. The molecule has 1 aliphatic heterocycles. The number of benzene rings is 1. The minimum absolute atomic E-state index is 0.258. The van der Waals surface area contributed by atoms with Crippen LogP contribution in [0.3, 0.4) is 0 Å². The first-order valence-corrected chi connectivity index (χ1v) is 10.8. The topological polar surface area (TPSA) is 108 Å². The van der Waals surface area contributed by atoms with Gasteiger partial charge in [0, 0.05) is 24.5 Å². The summed E-state index contributed by atoms with van der Waals surface area (Å²) in [4.78, 5) is 32.2. The molecular formula is C23H27F2N5O4. The summed E-state index contributed by atoms with van der Waals surface area (Å²) in [5, 5.41) is 12.0. The SMILES string of the molecule is CN(C)CCOCCOc1ccc2nccc(C(=O)NCC(=O)N3CC(F)(F)C[C@H]3C#N)c2c1. The molecule has 0 saturated carbocycles. The lowest BCUT2D eigenvalue weighted by atomic mass is 10.1. The maximum atomic E-state index is 13.6. The molecule has 0 radical (unpaired) electrons. The van der Waals surface area contributed by atoms with Crippen molar-refractivity contribution in [2.75, 3.05) is 53.6 Å². The third-order valence-electron chi connectivity index (χ3n) is 5.28. The van der Waals surface area contributed by atoms with Crippen molar-refractivity contribution in [3.63, 3.8) is 0 Å². The second kappa shape index (κ2) is 11.2. The predicted octanol–water partition coefficient (Wildman–Crippen LogP) is 1.68. The Morgan fingerprint density at radius 2 is 2.09 bits per heavy atom. The molecule has 1 saturated heterocycles. The molecular weight excluding hydrogens is 448 g/mol. The summed E-state index contributed by atoms with van der Waals surface area (Å²) in [6, 6.07) is 7.11. The van der Waals surface area contributed by atoms with Gasteiger partial charge in [-0.2, -0.15) is 5.26 Å². The fourth-order valence-electron chi connectivity index (χ4n) is 3.53. The van der Waals surface area contributed by atoms with Gasteiger partial charge in [-0.3, -0.25) is 14.6 Å². The van der Waals surface area contributed by atoms with E-state index in [1.807, 2.05) is 19.0 Å². The van der Waals surface area contributed by atoms with Gasteiger partial charge in [0.05, 0.1) is 43.5 Å². The average Bonchev–Trinajstić information content (AvgIpc) is 3.13. The number of aromatic nitrogens is 1. The number of halogens is 2. The number of ether oxygens (including phenoxy) is 2. The van der Waals surface area contributed by atoms with Crippen molar-refractivity contribution in [1.82, 2.24) is 20.1 Å². The molecule has 2 aromatic rings. The Morgan fingerprint density at radius 1 is 1.29 bits per heavy atom. The third-order valence-corrected chi connectivity index (χ3v) is 5.28. The van der Waals surface area contributed by atoms with Crippen LogP contribution in [0.25, 0.3) is 10.9 Å². The number of likely N-dealkylation sites (N-methyl/N-ethyl adjacent to an activating group) is 1. The monoisotopic (exact) mass is 475 g/mol. The highest BCUT2D eigenvalue weighted by Crippen LogP contribution is 2.31. The lowest BCUT2D eigenvalue weighted by molar-refractivity contribution is -0.131. The standard InChI is InChI=1S/C23H27F2N5O4/c1-29(2)7-8-33-9-10-34-17-3-4-20-19(11-17)18(5-6-27-20)22(32)28-14-21(31)30-15-23(24,25)12-16(30)13-26/h3-6,11,16H,7-10,12,14-15H2,1-2H3,(H,28,32)/t16-/m0/s1. The number of pyridine rings is 1. The van der Waals surface area contributed by atoms with Crippen molar-refractivity contribution < 1.29 is 27.8 Å². The Labute approximate surface area is 196 Å². The highest BCUT2D eigenvalue weighted by atomic mass is 19.3. The van der Waals surface area contributed by atoms with E-state index in [-0.39, 0.29) is 5.56 Å². The van der Waals surface area contributed by atoms with Crippen LogP contribution in [-0.4, -0.2) is 92.1 Å². The van der Waals surface area contributed by atoms with E-state index in [9.17, 15) is 18.4 Å². The molecule has 1 N–H and O–H groups in total. The van der Waals surface area contributed by atoms with Gasteiger partial charge in [-0.05, 0) is 38.4 Å². The number of nitriles is 1. The summed E-state index contributed by atoms with van der Waals surface area (Å²) in [6.45, 7) is 0.795. The highest BCUT2D eigenvalue weighted by Gasteiger charge is 2.47. The quantitative estimate of drug-likeness (QED) is 0.521. The Balaban J connectivity index is 1.61. The van der Waals surface area contributed by atoms with E-state index in [0.29, 0.717) is 36.5 Å². The number of fused-ring (bicyclic) bond motifs is 1. The number of rotatable bonds is 10. The molecule has 1 aromatic heterocycles. The smallest absolute Gasteiger partial charge is 0.268 e. The van der Waals surface area contributed by atoms with Crippen molar-refractivity contribution >= 4 is 22.7 Å². The van der Waals surface area contributed by atoms with Crippen molar-refractivity contribution in [3.05, 3.63) is 36.0 Å². The molecule has 9 nitrogen and oxygen atoms in total. The van der Waals surface area contributed by atoms with E-state index < -0.39 is 43.3 Å². The first-order valence-electron chi connectivity index (χ1n) is 10.8. The van der Waals surface area contributed by atoms with E-state index in [1.165, 1.54) is 12.3 Å². The summed E-state index contributed by atoms with van der Waals surface area (Å²) in [7, 11) is 3.92. The lowest BCUT2D eigenvalue weighted by Crippen LogP contribution is -2.43. The number of nitrogens with one attached hydrogen (secondary N) is 1. The van der Waals surface area contributed by atoms with Gasteiger partial charge in [0.2, 0.25) is 5.91 Å². The van der Waals surface area contributed by atoms with Gasteiger partial charge < -0.3 is 24.6 Å². The molecule has 2 heterocycles. The molecule has 1 fully saturated rings. The van der Waals surface area contributed by atoms with Gasteiger partial charge in [-0.25, -0.2) is 8.78 Å². The normalized spacial score (nSPS) is 17.1. The van der Waals surface area contributed by atoms with Crippen molar-refractivity contribution in [2.24, 2.45) is 0 Å². The number of likely N-dealkylation sites (tertiary alicyclic amines) is 1. The molecule has 182 valence electrons. The Morgan fingerprint density at radius 3 is 2.82 bits per heavy atom. The van der Waals surface area contributed by atoms with Crippen LogP contribution in [0.1, 0.15) is 16.8 Å². The summed E-state index contributed by atoms with van der Waals surface area (Å²) in [5.74, 6) is -3.90. The number of hydrogen-bond donors (Lipinski definition) is 1. The number of carbonyl (C=O) groups excluding carboxylic acids is 2. The van der Waals surface area contributed by atoms with E-state index in [2.05, 4.69) is 10.3 Å². The minimum Gasteiger partial charge on any atom is -0.491 e. The number of carbonyl (C=O) groups is 2. The molecule has 1 aliphatic rings. The zero-order valence-corrected chi connectivity index (χ0v) is 19.1. The van der Waals surface area contributed by atoms with Crippen LogP contribution in [0.4, 0.5) is 8.78 Å². The summed E-state index contributed by atoms with van der Waals surface area (Å²) >= 11 is 0. The average molecular weight is 475 g/mol. The molecule has 0 unspecified atom stereocenters. The van der Waals surface area contributed by atoms with Gasteiger partial charge in [-0.1, -0.05) is 0 Å². The summed E-state index contributed by atoms with van der Waals surface area (Å²) in [6.07, 6.45) is 0.757. The van der Waals surface area contributed by atoms with Crippen LogP contribution < -0.4 is 10.1 Å².